The first kappa shape index (κ1) is 14.1. The summed E-state index contributed by atoms with van der Waals surface area (Å²) in [6.45, 7) is 1.56. The van der Waals surface area contributed by atoms with Crippen LogP contribution in [0.15, 0.2) is 17.6 Å². The number of rotatable bonds is 7. The Morgan fingerprint density at radius 3 is 2.88 bits per heavy atom. The number of nitrogens with two attached hydrogens (primary N) is 1. The van der Waals surface area contributed by atoms with Gasteiger partial charge in [0.2, 0.25) is 0 Å². The third-order valence-corrected chi connectivity index (χ3v) is 3.73. The summed E-state index contributed by atoms with van der Waals surface area (Å²) >= 11 is 1.68. The van der Waals surface area contributed by atoms with Gasteiger partial charge in [0.05, 0.1) is 0 Å². The summed E-state index contributed by atoms with van der Waals surface area (Å²) in [6, 6.07) is 0. The molecule has 0 radical (unpaired) electrons. The molecule has 0 saturated heterocycles. The molecule has 96 valence electrons. The molecule has 0 saturated carbocycles. The van der Waals surface area contributed by atoms with Crippen molar-refractivity contribution >= 4 is 17.7 Å². The van der Waals surface area contributed by atoms with E-state index in [-0.39, 0.29) is 0 Å². The molecule has 1 rings (SSSR count). The highest BCUT2D eigenvalue weighted by atomic mass is 32.2. The van der Waals surface area contributed by atoms with Crippen LogP contribution in [-0.2, 0) is 11.8 Å². The maximum atomic E-state index is 10.8. The third-order valence-electron chi connectivity index (χ3n) is 2.59. The summed E-state index contributed by atoms with van der Waals surface area (Å²) in [5.41, 5.74) is 4.53. The van der Waals surface area contributed by atoms with Gasteiger partial charge in [-0.15, -0.1) is 0 Å². The van der Waals surface area contributed by atoms with E-state index in [0.29, 0.717) is 6.42 Å². The fraction of sp³-hybridized carbons (Fsp3) is 0.636. The lowest BCUT2D eigenvalue weighted by Crippen LogP contribution is -2.44. The first-order valence-electron chi connectivity index (χ1n) is 5.56. The molecule has 1 aromatic heterocycles. The quantitative estimate of drug-likeness (QED) is 0.571. The molecule has 5 nitrogen and oxygen atoms in total. The summed E-state index contributed by atoms with van der Waals surface area (Å²) < 4.78 is 1.97. The minimum Gasteiger partial charge on any atom is -0.480 e. The summed E-state index contributed by atoms with van der Waals surface area (Å²) in [5, 5.41) is 9.83. The van der Waals surface area contributed by atoms with Crippen LogP contribution < -0.4 is 5.73 Å². The van der Waals surface area contributed by atoms with Crippen LogP contribution in [0, 0.1) is 0 Å². The zero-order chi connectivity index (χ0) is 12.9. The first-order valence-corrected chi connectivity index (χ1v) is 6.54. The van der Waals surface area contributed by atoms with Crippen LogP contribution >= 0.6 is 11.8 Å². The average Bonchev–Trinajstić information content (AvgIpc) is 2.63. The number of aryl methyl sites for hydroxylation is 1. The number of nitrogens with zero attached hydrogens (tertiary/aromatic N) is 2. The summed E-state index contributed by atoms with van der Waals surface area (Å²) in [6.07, 6.45) is 5.94. The fourth-order valence-corrected chi connectivity index (χ4v) is 2.29. The number of hydrogen-bond acceptors (Lipinski definition) is 4. The molecule has 6 heteroatoms. The highest BCUT2D eigenvalue weighted by Crippen LogP contribution is 2.18. The number of unbranched alkanes of at least 4 members (excludes halogenated alkanes) is 1. The van der Waals surface area contributed by atoms with E-state index < -0.39 is 11.5 Å². The average molecular weight is 257 g/mol. The lowest BCUT2D eigenvalue weighted by molar-refractivity contribution is -0.142. The molecule has 0 aliphatic heterocycles. The van der Waals surface area contributed by atoms with Crippen molar-refractivity contribution in [2.45, 2.75) is 36.9 Å². The van der Waals surface area contributed by atoms with Crippen molar-refractivity contribution in [1.29, 1.82) is 0 Å². The maximum absolute atomic E-state index is 10.8. The van der Waals surface area contributed by atoms with Crippen molar-refractivity contribution in [3.8, 4) is 0 Å². The predicted molar refractivity (Wildman–Crippen MR) is 68.0 cm³/mol. The van der Waals surface area contributed by atoms with E-state index in [9.17, 15) is 4.79 Å². The van der Waals surface area contributed by atoms with Gasteiger partial charge in [0.25, 0.3) is 0 Å². The summed E-state index contributed by atoms with van der Waals surface area (Å²) in [7, 11) is 1.96. The van der Waals surface area contributed by atoms with E-state index >= 15 is 0 Å². The molecule has 0 aromatic carbocycles. The summed E-state index contributed by atoms with van der Waals surface area (Å²) in [5.74, 6) is -0.00477. The van der Waals surface area contributed by atoms with Gasteiger partial charge in [0.1, 0.15) is 5.54 Å². The van der Waals surface area contributed by atoms with Crippen molar-refractivity contribution < 1.29 is 9.90 Å². The smallest absolute Gasteiger partial charge is 0.323 e. The monoisotopic (exact) mass is 257 g/mol. The Balaban J connectivity index is 2.17. The number of aromatic nitrogens is 2. The Morgan fingerprint density at radius 2 is 2.35 bits per heavy atom. The van der Waals surface area contributed by atoms with Gasteiger partial charge in [0.15, 0.2) is 5.16 Å². The number of hydrogen-bond donors (Lipinski definition) is 2. The van der Waals surface area contributed by atoms with E-state index in [4.69, 9.17) is 10.8 Å². The Labute approximate surface area is 105 Å². The van der Waals surface area contributed by atoms with Crippen molar-refractivity contribution in [3.05, 3.63) is 12.4 Å². The van der Waals surface area contributed by atoms with Crippen LogP contribution in [0.3, 0.4) is 0 Å². The predicted octanol–water partition coefficient (Wildman–Crippen LogP) is 1.48. The van der Waals surface area contributed by atoms with Gasteiger partial charge in [-0.3, -0.25) is 4.79 Å². The molecule has 3 N–H and O–H groups in total. The van der Waals surface area contributed by atoms with Crippen molar-refractivity contribution in [2.24, 2.45) is 12.8 Å². The van der Waals surface area contributed by atoms with E-state index in [1.54, 1.807) is 24.9 Å². The maximum Gasteiger partial charge on any atom is 0.323 e. The number of carboxylic acid groups (broad SMARTS) is 1. The molecule has 0 aliphatic carbocycles. The van der Waals surface area contributed by atoms with E-state index in [1.807, 2.05) is 17.8 Å². The lowest BCUT2D eigenvalue weighted by atomic mass is 9.97. The molecule has 1 aromatic rings. The molecule has 1 atom stereocenters. The number of carboxylic acids is 1. The van der Waals surface area contributed by atoms with Crippen molar-refractivity contribution in [1.82, 2.24) is 9.55 Å². The highest BCUT2D eigenvalue weighted by Gasteiger charge is 2.26. The number of imidazole rings is 1. The van der Waals surface area contributed by atoms with Crippen LogP contribution in [0.25, 0.3) is 0 Å². The van der Waals surface area contributed by atoms with Gasteiger partial charge >= 0.3 is 5.97 Å². The molecule has 1 heterocycles. The topological polar surface area (TPSA) is 81.1 Å². The zero-order valence-corrected chi connectivity index (χ0v) is 11.0. The second kappa shape index (κ2) is 6.07. The standard InChI is InChI=1S/C11H19N3O2S/c1-11(12,9(15)16)5-3-4-8-17-10-13-6-7-14(10)2/h6-7H,3-5,8,12H2,1-2H3,(H,15,16). The van der Waals surface area contributed by atoms with Crippen LogP contribution in [0.1, 0.15) is 26.2 Å². The molecule has 0 amide bonds. The van der Waals surface area contributed by atoms with Gasteiger partial charge in [0, 0.05) is 25.2 Å². The number of carbonyl (C=O) groups is 1. The second-order valence-electron chi connectivity index (χ2n) is 4.35. The van der Waals surface area contributed by atoms with Gasteiger partial charge in [-0.05, 0) is 19.8 Å². The normalized spacial score (nSPS) is 14.5. The van der Waals surface area contributed by atoms with Gasteiger partial charge in [-0.2, -0.15) is 0 Å². The minimum atomic E-state index is -1.10. The van der Waals surface area contributed by atoms with Crippen molar-refractivity contribution in [2.75, 3.05) is 5.75 Å². The summed E-state index contributed by atoms with van der Waals surface area (Å²) in [4.78, 5) is 15.0. The van der Waals surface area contributed by atoms with Crippen LogP contribution in [-0.4, -0.2) is 31.9 Å². The minimum absolute atomic E-state index is 0.503. The first-order chi connectivity index (χ1) is 7.93. The zero-order valence-electron chi connectivity index (χ0n) is 10.2. The molecular formula is C11H19N3O2S. The number of aliphatic carboxylic acids is 1. The Morgan fingerprint density at radius 1 is 1.65 bits per heavy atom. The number of thioether (sulfide) groups is 1. The molecular weight excluding hydrogens is 238 g/mol. The van der Waals surface area contributed by atoms with Gasteiger partial charge in [-0.1, -0.05) is 18.2 Å². The molecule has 0 fully saturated rings. The van der Waals surface area contributed by atoms with E-state index in [1.165, 1.54) is 0 Å². The van der Waals surface area contributed by atoms with Gasteiger partial charge in [-0.25, -0.2) is 4.98 Å². The SMILES string of the molecule is Cn1ccnc1SCCCCC(C)(N)C(=O)O. The molecule has 0 spiro atoms. The molecule has 1 unspecified atom stereocenters. The van der Waals surface area contributed by atoms with E-state index in [2.05, 4.69) is 4.98 Å². The Hall–Kier alpha value is -1.01. The Bertz CT molecular complexity index is 377. The Kier molecular flexibility index (Phi) is 5.02. The van der Waals surface area contributed by atoms with Crippen LogP contribution in [0.5, 0.6) is 0 Å². The molecule has 0 bridgehead atoms. The fourth-order valence-electron chi connectivity index (χ4n) is 1.36. The van der Waals surface area contributed by atoms with Crippen LogP contribution in [0.4, 0.5) is 0 Å². The van der Waals surface area contributed by atoms with Gasteiger partial charge < -0.3 is 15.4 Å². The third kappa shape index (κ3) is 4.40. The largest absolute Gasteiger partial charge is 0.480 e. The van der Waals surface area contributed by atoms with Crippen LogP contribution in [0.2, 0.25) is 0 Å². The molecule has 17 heavy (non-hydrogen) atoms. The highest BCUT2D eigenvalue weighted by molar-refractivity contribution is 7.99. The van der Waals surface area contributed by atoms with E-state index in [0.717, 1.165) is 23.8 Å². The van der Waals surface area contributed by atoms with Crippen molar-refractivity contribution in [3.63, 3.8) is 0 Å². The lowest BCUT2D eigenvalue weighted by Gasteiger charge is -2.18. The second-order valence-corrected chi connectivity index (χ2v) is 5.41. The molecule has 0 aliphatic rings.